The predicted octanol–water partition coefficient (Wildman–Crippen LogP) is 3.33. The zero-order valence-corrected chi connectivity index (χ0v) is 16.2. The molecule has 0 fully saturated rings. The van der Waals surface area contributed by atoms with Gasteiger partial charge in [-0.1, -0.05) is 79.7 Å². The third-order valence-corrected chi connectivity index (χ3v) is 5.34. The van der Waals surface area contributed by atoms with E-state index in [1.165, 1.54) is 10.4 Å². The summed E-state index contributed by atoms with van der Waals surface area (Å²) in [4.78, 5) is 0. The van der Waals surface area contributed by atoms with E-state index >= 15 is 0 Å². The number of benzene rings is 4. The average Bonchev–Trinajstić information content (AvgIpc) is 2.72. The summed E-state index contributed by atoms with van der Waals surface area (Å²) in [6.07, 6.45) is 5.37. The lowest BCUT2D eigenvalue weighted by Crippen LogP contribution is -2.31. The van der Waals surface area contributed by atoms with Gasteiger partial charge in [0.15, 0.2) is 0 Å². The van der Waals surface area contributed by atoms with Crippen LogP contribution in [0.1, 0.15) is 20.3 Å². The van der Waals surface area contributed by atoms with Gasteiger partial charge in [0, 0.05) is 0 Å². The summed E-state index contributed by atoms with van der Waals surface area (Å²) in [6, 6.07) is 22.5. The fourth-order valence-electron chi connectivity index (χ4n) is 4.14. The topological polar surface area (TPSA) is 40.5 Å². The minimum absolute atomic E-state index is 0.563. The number of hydrogen-bond acceptors (Lipinski definition) is 2. The van der Waals surface area contributed by atoms with Crippen molar-refractivity contribution in [3.8, 4) is 11.1 Å². The van der Waals surface area contributed by atoms with Crippen molar-refractivity contribution in [1.29, 1.82) is 0 Å². The molecule has 28 heavy (non-hydrogen) atoms. The highest BCUT2D eigenvalue weighted by molar-refractivity contribution is 6.66. The molecule has 0 aliphatic heterocycles. The van der Waals surface area contributed by atoms with Gasteiger partial charge in [-0.2, -0.15) is 0 Å². The lowest BCUT2D eigenvalue weighted by Gasteiger charge is -2.17. The third kappa shape index (κ3) is 3.03. The fourth-order valence-corrected chi connectivity index (χ4v) is 4.14. The summed E-state index contributed by atoms with van der Waals surface area (Å²) in [5.41, 5.74) is 2.82. The van der Waals surface area contributed by atoms with Crippen LogP contribution < -0.4 is 15.9 Å². The molecule has 2 N–H and O–H groups in total. The highest BCUT2D eigenvalue weighted by Crippen LogP contribution is 2.34. The maximum absolute atomic E-state index is 10.1. The zero-order valence-electron chi connectivity index (χ0n) is 16.2. The van der Waals surface area contributed by atoms with E-state index < -0.39 is 7.12 Å². The standard InChI is InChI=1S/C25H23BO2/c1-3-9-18-14-15-19(16-17(18)4-2)24-20-10-5-7-12-22(20)25(26(27)28)23-13-8-6-11-21(23)24/h4-16,27-28H,3H2,1-2H3/b17-4-,18-9-. The van der Waals surface area contributed by atoms with Gasteiger partial charge in [-0.25, -0.2) is 0 Å². The van der Waals surface area contributed by atoms with E-state index in [0.29, 0.717) is 5.46 Å². The first-order valence-corrected chi connectivity index (χ1v) is 9.72. The van der Waals surface area contributed by atoms with Gasteiger partial charge in [0.05, 0.1) is 0 Å². The van der Waals surface area contributed by atoms with Gasteiger partial charge in [-0.05, 0) is 68.0 Å². The molecule has 4 aromatic rings. The number of rotatable bonds is 3. The number of hydrogen-bond donors (Lipinski definition) is 2. The van der Waals surface area contributed by atoms with E-state index in [1.807, 2.05) is 36.4 Å². The van der Waals surface area contributed by atoms with E-state index in [0.717, 1.165) is 39.1 Å². The molecule has 0 radical (unpaired) electrons. The lowest BCUT2D eigenvalue weighted by molar-refractivity contribution is 0.426. The first-order chi connectivity index (χ1) is 13.7. The van der Waals surface area contributed by atoms with Crippen LogP contribution in [0, 0.1) is 0 Å². The zero-order chi connectivity index (χ0) is 19.7. The van der Waals surface area contributed by atoms with Crippen molar-refractivity contribution < 1.29 is 10.0 Å². The number of fused-ring (bicyclic) bond motifs is 2. The van der Waals surface area contributed by atoms with Gasteiger partial charge in [0.25, 0.3) is 0 Å². The quantitative estimate of drug-likeness (QED) is 0.431. The van der Waals surface area contributed by atoms with Gasteiger partial charge < -0.3 is 10.0 Å². The largest absolute Gasteiger partial charge is 0.489 e. The third-order valence-electron chi connectivity index (χ3n) is 5.34. The van der Waals surface area contributed by atoms with Crippen molar-refractivity contribution in [1.82, 2.24) is 0 Å². The molecular formula is C25H23BO2. The maximum atomic E-state index is 10.1. The Hall–Kier alpha value is -2.88. The van der Waals surface area contributed by atoms with Gasteiger partial charge in [0.1, 0.15) is 0 Å². The predicted molar refractivity (Wildman–Crippen MR) is 121 cm³/mol. The maximum Gasteiger partial charge on any atom is 0.489 e. The average molecular weight is 366 g/mol. The molecule has 0 saturated heterocycles. The Bertz CT molecular complexity index is 1230. The van der Waals surface area contributed by atoms with Crippen LogP contribution in [0.3, 0.4) is 0 Å². The Kier molecular flexibility index (Phi) is 5.04. The fraction of sp³-hybridized carbons (Fsp3) is 0.120. The molecular weight excluding hydrogens is 343 g/mol. The monoisotopic (exact) mass is 366 g/mol. The second-order valence-corrected chi connectivity index (χ2v) is 7.00. The summed E-state index contributed by atoms with van der Waals surface area (Å²) in [5, 5.41) is 26.5. The van der Waals surface area contributed by atoms with E-state index in [2.05, 4.69) is 56.3 Å². The summed E-state index contributed by atoms with van der Waals surface area (Å²) < 4.78 is 0. The summed E-state index contributed by atoms with van der Waals surface area (Å²) in [7, 11) is -1.52. The Balaban J connectivity index is 2.19. The van der Waals surface area contributed by atoms with Crippen LogP contribution in [0.15, 0.2) is 66.7 Å². The van der Waals surface area contributed by atoms with Crippen LogP contribution in [0.5, 0.6) is 0 Å². The van der Waals surface area contributed by atoms with Gasteiger partial charge in [0.2, 0.25) is 0 Å². The van der Waals surface area contributed by atoms with Crippen LogP contribution in [0.25, 0.3) is 44.8 Å². The molecule has 0 spiro atoms. The molecule has 0 aromatic heterocycles. The van der Waals surface area contributed by atoms with Crippen molar-refractivity contribution in [2.24, 2.45) is 0 Å². The molecule has 3 heteroatoms. The molecule has 0 bridgehead atoms. The van der Waals surface area contributed by atoms with Gasteiger partial charge >= 0.3 is 7.12 Å². The molecule has 4 aromatic carbocycles. The van der Waals surface area contributed by atoms with Crippen molar-refractivity contribution >= 4 is 46.3 Å². The molecule has 4 rings (SSSR count). The molecule has 0 saturated carbocycles. The van der Waals surface area contributed by atoms with Gasteiger partial charge in [-0.15, -0.1) is 0 Å². The van der Waals surface area contributed by atoms with E-state index in [-0.39, 0.29) is 0 Å². The highest BCUT2D eigenvalue weighted by atomic mass is 16.4. The van der Waals surface area contributed by atoms with Gasteiger partial charge in [-0.3, -0.25) is 0 Å². The first kappa shape index (κ1) is 18.5. The molecule has 0 heterocycles. The minimum atomic E-state index is -1.52. The Morgan fingerprint density at radius 3 is 1.86 bits per heavy atom. The molecule has 138 valence electrons. The molecule has 0 amide bonds. The van der Waals surface area contributed by atoms with Crippen LogP contribution in [0.2, 0.25) is 0 Å². The minimum Gasteiger partial charge on any atom is -0.423 e. The molecule has 0 aliphatic rings. The second kappa shape index (κ2) is 7.63. The van der Waals surface area contributed by atoms with Crippen molar-refractivity contribution in [2.75, 3.05) is 0 Å². The molecule has 0 aliphatic carbocycles. The highest BCUT2D eigenvalue weighted by Gasteiger charge is 2.21. The SMILES string of the molecule is C/C=c1/cc(-c2c3ccccc3c(B(O)O)c3ccccc23)cc/c1=C/CC. The van der Waals surface area contributed by atoms with Crippen LogP contribution in [-0.4, -0.2) is 17.2 Å². The normalized spacial score (nSPS) is 12.9. The molecule has 0 atom stereocenters. The van der Waals surface area contributed by atoms with Crippen LogP contribution in [0.4, 0.5) is 0 Å². The van der Waals surface area contributed by atoms with Crippen molar-refractivity contribution in [2.45, 2.75) is 20.3 Å². The lowest BCUT2D eigenvalue weighted by atomic mass is 9.72. The van der Waals surface area contributed by atoms with Crippen LogP contribution >= 0.6 is 0 Å². The summed E-state index contributed by atoms with van der Waals surface area (Å²) in [6.45, 7) is 4.21. The molecule has 2 nitrogen and oxygen atoms in total. The molecule has 0 unspecified atom stereocenters. The van der Waals surface area contributed by atoms with Crippen molar-refractivity contribution in [3.05, 3.63) is 77.2 Å². The Morgan fingerprint density at radius 2 is 1.36 bits per heavy atom. The van der Waals surface area contributed by atoms with Crippen LogP contribution in [-0.2, 0) is 0 Å². The Morgan fingerprint density at radius 1 is 0.786 bits per heavy atom. The van der Waals surface area contributed by atoms with E-state index in [4.69, 9.17) is 0 Å². The summed E-state index contributed by atoms with van der Waals surface area (Å²) in [5.74, 6) is 0. The van der Waals surface area contributed by atoms with E-state index in [1.54, 1.807) is 0 Å². The summed E-state index contributed by atoms with van der Waals surface area (Å²) >= 11 is 0. The smallest absolute Gasteiger partial charge is 0.423 e. The first-order valence-electron chi connectivity index (χ1n) is 9.72. The second-order valence-electron chi connectivity index (χ2n) is 7.00. The van der Waals surface area contributed by atoms with Crippen molar-refractivity contribution in [3.63, 3.8) is 0 Å². The van der Waals surface area contributed by atoms with E-state index in [9.17, 15) is 10.0 Å². The Labute approximate surface area is 165 Å².